The van der Waals surface area contributed by atoms with Crippen molar-refractivity contribution in [2.75, 3.05) is 0 Å². The van der Waals surface area contributed by atoms with E-state index >= 15 is 0 Å². The van der Waals surface area contributed by atoms with Crippen LogP contribution in [0.25, 0.3) is 0 Å². The summed E-state index contributed by atoms with van der Waals surface area (Å²) in [6.07, 6.45) is 1.45. The Bertz CT molecular complexity index is 484. The first-order valence-electron chi connectivity index (χ1n) is 4.93. The van der Waals surface area contributed by atoms with Crippen molar-refractivity contribution in [3.05, 3.63) is 45.6 Å². The summed E-state index contributed by atoms with van der Waals surface area (Å²) in [6.45, 7) is 0. The number of nitrogens with zero attached hydrogens (tertiary/aromatic N) is 3. The van der Waals surface area contributed by atoms with Gasteiger partial charge in [0.2, 0.25) is 0 Å². The summed E-state index contributed by atoms with van der Waals surface area (Å²) < 4.78 is 2.80. The maximum absolute atomic E-state index is 10.1. The van der Waals surface area contributed by atoms with Gasteiger partial charge >= 0.3 is 0 Å². The Kier molecular flexibility index (Phi) is 3.55. The van der Waals surface area contributed by atoms with Crippen molar-refractivity contribution in [2.45, 2.75) is 12.5 Å². The van der Waals surface area contributed by atoms with Gasteiger partial charge in [0.05, 0.1) is 6.10 Å². The molecule has 1 atom stereocenters. The van der Waals surface area contributed by atoms with Crippen molar-refractivity contribution in [1.29, 1.82) is 0 Å². The van der Waals surface area contributed by atoms with Gasteiger partial charge in [0, 0.05) is 17.0 Å². The lowest BCUT2D eigenvalue weighted by atomic mass is 10.1. The third kappa shape index (κ3) is 2.59. The van der Waals surface area contributed by atoms with E-state index < -0.39 is 6.10 Å². The molecule has 1 unspecified atom stereocenters. The van der Waals surface area contributed by atoms with E-state index in [1.807, 2.05) is 31.3 Å². The van der Waals surface area contributed by atoms with Gasteiger partial charge in [0.1, 0.15) is 12.2 Å². The molecule has 0 bridgehead atoms. The lowest BCUT2D eigenvalue weighted by molar-refractivity contribution is 0.174. The van der Waals surface area contributed by atoms with Crippen LogP contribution >= 0.6 is 22.6 Å². The van der Waals surface area contributed by atoms with Crippen LogP contribution in [0.2, 0.25) is 0 Å². The second-order valence-corrected chi connectivity index (χ2v) is 4.82. The van der Waals surface area contributed by atoms with Gasteiger partial charge in [-0.1, -0.05) is 12.1 Å². The molecule has 0 saturated carbocycles. The first kappa shape index (κ1) is 11.5. The number of aliphatic hydroxyl groups excluding tert-OH is 1. The molecule has 1 N–H and O–H groups in total. The van der Waals surface area contributed by atoms with Crippen LogP contribution in [0.4, 0.5) is 0 Å². The Morgan fingerprint density at radius 3 is 2.94 bits per heavy atom. The quantitative estimate of drug-likeness (QED) is 0.872. The predicted molar refractivity (Wildman–Crippen MR) is 68.8 cm³/mol. The molecular formula is C11H12IN3O. The number of rotatable bonds is 3. The number of benzene rings is 1. The lowest BCUT2D eigenvalue weighted by Gasteiger charge is -2.10. The molecule has 1 aromatic heterocycles. The minimum atomic E-state index is -0.530. The maximum atomic E-state index is 10.1. The smallest absolute Gasteiger partial charge is 0.138 e. The second-order valence-electron chi connectivity index (χ2n) is 3.57. The van der Waals surface area contributed by atoms with Crippen LogP contribution < -0.4 is 0 Å². The van der Waals surface area contributed by atoms with E-state index in [4.69, 9.17) is 0 Å². The van der Waals surface area contributed by atoms with Crippen LogP contribution in [0, 0.1) is 3.57 Å². The second kappa shape index (κ2) is 4.92. The molecular weight excluding hydrogens is 317 g/mol. The third-order valence-electron chi connectivity index (χ3n) is 2.41. The molecule has 84 valence electrons. The average Bonchev–Trinajstić information content (AvgIpc) is 2.64. The molecule has 2 aromatic rings. The Morgan fingerprint density at radius 1 is 1.50 bits per heavy atom. The Hall–Kier alpha value is -0.950. The topological polar surface area (TPSA) is 50.9 Å². The molecule has 0 amide bonds. The predicted octanol–water partition coefficient (Wildman–Crippen LogP) is 1.70. The number of aliphatic hydroxyl groups is 1. The third-order valence-corrected chi connectivity index (χ3v) is 3.09. The van der Waals surface area contributed by atoms with Gasteiger partial charge < -0.3 is 5.11 Å². The normalized spacial score (nSPS) is 12.7. The number of aromatic nitrogens is 3. The van der Waals surface area contributed by atoms with Gasteiger partial charge in [-0.15, -0.1) is 0 Å². The zero-order valence-electron chi connectivity index (χ0n) is 8.84. The number of hydrogen-bond donors (Lipinski definition) is 1. The fourth-order valence-corrected chi connectivity index (χ4v) is 2.08. The molecule has 0 saturated heterocycles. The van der Waals surface area contributed by atoms with E-state index in [1.54, 1.807) is 4.68 Å². The van der Waals surface area contributed by atoms with Crippen molar-refractivity contribution >= 4 is 22.6 Å². The fraction of sp³-hybridized carbons (Fsp3) is 0.273. The van der Waals surface area contributed by atoms with Crippen LogP contribution in [0.15, 0.2) is 30.6 Å². The van der Waals surface area contributed by atoms with E-state index in [0.29, 0.717) is 6.42 Å². The summed E-state index contributed by atoms with van der Waals surface area (Å²) in [7, 11) is 1.82. The van der Waals surface area contributed by atoms with Crippen LogP contribution in [-0.2, 0) is 13.5 Å². The molecule has 0 aliphatic carbocycles. The molecule has 1 aromatic carbocycles. The highest BCUT2D eigenvalue weighted by atomic mass is 127. The Labute approximate surface area is 107 Å². The summed E-state index contributed by atoms with van der Waals surface area (Å²) >= 11 is 2.23. The molecule has 0 spiro atoms. The SMILES string of the molecule is Cn1ncnc1CC(O)c1cccc(I)c1. The summed E-state index contributed by atoms with van der Waals surface area (Å²) in [4.78, 5) is 4.09. The number of halogens is 1. The first-order chi connectivity index (χ1) is 7.66. The van der Waals surface area contributed by atoms with E-state index in [9.17, 15) is 5.11 Å². The zero-order valence-corrected chi connectivity index (χ0v) is 11.0. The number of aryl methyl sites for hydroxylation is 1. The molecule has 4 nitrogen and oxygen atoms in total. The first-order valence-corrected chi connectivity index (χ1v) is 6.01. The van der Waals surface area contributed by atoms with Gasteiger partial charge in [-0.05, 0) is 40.3 Å². The van der Waals surface area contributed by atoms with E-state index in [1.165, 1.54) is 6.33 Å². The van der Waals surface area contributed by atoms with Gasteiger partial charge in [0.25, 0.3) is 0 Å². The minimum Gasteiger partial charge on any atom is -0.388 e. The molecule has 2 rings (SSSR count). The molecule has 5 heteroatoms. The summed E-state index contributed by atoms with van der Waals surface area (Å²) in [5.41, 5.74) is 0.912. The van der Waals surface area contributed by atoms with E-state index in [0.717, 1.165) is 15.0 Å². The molecule has 0 radical (unpaired) electrons. The lowest BCUT2D eigenvalue weighted by Crippen LogP contribution is -2.07. The standard InChI is InChI=1S/C11H12IN3O/c1-15-11(13-7-14-15)6-10(16)8-3-2-4-9(12)5-8/h2-5,7,10,16H,6H2,1H3. The van der Waals surface area contributed by atoms with Gasteiger partial charge in [-0.25, -0.2) is 4.98 Å². The molecule has 1 heterocycles. The Morgan fingerprint density at radius 2 is 2.31 bits per heavy atom. The van der Waals surface area contributed by atoms with Crippen LogP contribution in [0.1, 0.15) is 17.5 Å². The van der Waals surface area contributed by atoms with Gasteiger partial charge in [-0.3, -0.25) is 4.68 Å². The summed E-state index contributed by atoms with van der Waals surface area (Å²) in [6, 6.07) is 7.83. The maximum Gasteiger partial charge on any atom is 0.138 e. The van der Waals surface area contributed by atoms with Crippen LogP contribution in [0.3, 0.4) is 0 Å². The molecule has 0 aliphatic heterocycles. The highest BCUT2D eigenvalue weighted by Gasteiger charge is 2.11. The summed E-state index contributed by atoms with van der Waals surface area (Å²) in [5, 5.41) is 14.0. The molecule has 0 fully saturated rings. The van der Waals surface area contributed by atoms with Crippen molar-refractivity contribution in [3.8, 4) is 0 Å². The van der Waals surface area contributed by atoms with Crippen LogP contribution in [0.5, 0.6) is 0 Å². The molecule has 16 heavy (non-hydrogen) atoms. The van der Waals surface area contributed by atoms with Gasteiger partial charge in [-0.2, -0.15) is 5.10 Å². The molecule has 0 aliphatic rings. The van der Waals surface area contributed by atoms with E-state index in [-0.39, 0.29) is 0 Å². The van der Waals surface area contributed by atoms with Crippen molar-refractivity contribution in [1.82, 2.24) is 14.8 Å². The highest BCUT2D eigenvalue weighted by Crippen LogP contribution is 2.18. The monoisotopic (exact) mass is 329 g/mol. The fourth-order valence-electron chi connectivity index (χ4n) is 1.51. The van der Waals surface area contributed by atoms with E-state index in [2.05, 4.69) is 32.7 Å². The van der Waals surface area contributed by atoms with Gasteiger partial charge in [0.15, 0.2) is 0 Å². The summed E-state index contributed by atoms with van der Waals surface area (Å²) in [5.74, 6) is 0.784. The minimum absolute atomic E-state index is 0.483. The van der Waals surface area contributed by atoms with Crippen molar-refractivity contribution in [3.63, 3.8) is 0 Å². The number of hydrogen-bond acceptors (Lipinski definition) is 3. The highest BCUT2D eigenvalue weighted by molar-refractivity contribution is 14.1. The zero-order chi connectivity index (χ0) is 11.5. The van der Waals surface area contributed by atoms with Crippen LogP contribution in [-0.4, -0.2) is 19.9 Å². The largest absolute Gasteiger partial charge is 0.388 e. The average molecular weight is 329 g/mol. The Balaban J connectivity index is 2.14. The van der Waals surface area contributed by atoms with Crippen molar-refractivity contribution in [2.24, 2.45) is 7.05 Å². The van der Waals surface area contributed by atoms with Crippen molar-refractivity contribution < 1.29 is 5.11 Å².